The molecule has 0 radical (unpaired) electrons. The summed E-state index contributed by atoms with van der Waals surface area (Å²) in [6.07, 6.45) is 0.917. The highest BCUT2D eigenvalue weighted by molar-refractivity contribution is 5.95. The Morgan fingerprint density at radius 2 is 2.05 bits per heavy atom. The van der Waals surface area contributed by atoms with Crippen molar-refractivity contribution in [2.24, 2.45) is 5.41 Å². The highest BCUT2D eigenvalue weighted by atomic mass is 16.6. The number of nitrogens with one attached hydrogen (secondary N) is 2. The van der Waals surface area contributed by atoms with E-state index in [-0.39, 0.29) is 21.9 Å². The average Bonchev–Trinajstić information content (AvgIpc) is 2.34. The van der Waals surface area contributed by atoms with Crippen molar-refractivity contribution in [1.82, 2.24) is 0 Å². The summed E-state index contributed by atoms with van der Waals surface area (Å²) in [6, 6.07) is 3.22. The van der Waals surface area contributed by atoms with Crippen LogP contribution in [0.25, 0.3) is 0 Å². The second-order valence-corrected chi connectivity index (χ2v) is 6.25. The van der Waals surface area contributed by atoms with Crippen LogP contribution < -0.4 is 10.6 Å². The number of aryl methyl sites for hydroxylation is 1. The Morgan fingerprint density at radius 3 is 2.65 bits per heavy atom. The molecule has 0 unspecified atom stereocenters. The molecule has 0 saturated heterocycles. The molecular formula is C14H19N3O3. The SMILES string of the molecule is CC(C)(C)CNc1cc2c(cc1[N+](=O)[O-])CCC(=O)N2. The quantitative estimate of drug-likeness (QED) is 0.657. The predicted octanol–water partition coefficient (Wildman–Crippen LogP) is 2.94. The Hall–Kier alpha value is -2.11. The van der Waals surface area contributed by atoms with Gasteiger partial charge in [0.2, 0.25) is 5.91 Å². The van der Waals surface area contributed by atoms with Crippen LogP contribution in [0.3, 0.4) is 0 Å². The number of anilines is 2. The maximum atomic E-state index is 11.4. The fraction of sp³-hybridized carbons (Fsp3) is 0.500. The molecule has 2 N–H and O–H groups in total. The van der Waals surface area contributed by atoms with Crippen molar-refractivity contribution >= 4 is 23.0 Å². The molecule has 6 heteroatoms. The molecule has 0 fully saturated rings. The summed E-state index contributed by atoms with van der Waals surface area (Å²) in [5.74, 6) is -0.0480. The van der Waals surface area contributed by atoms with E-state index in [1.807, 2.05) is 20.8 Å². The van der Waals surface area contributed by atoms with Gasteiger partial charge in [-0.05, 0) is 23.5 Å². The van der Waals surface area contributed by atoms with Crippen molar-refractivity contribution in [3.8, 4) is 0 Å². The number of nitro groups is 1. The molecule has 0 aliphatic carbocycles. The highest BCUT2D eigenvalue weighted by Crippen LogP contribution is 2.34. The Balaban J connectivity index is 2.35. The first kappa shape index (κ1) is 14.3. The van der Waals surface area contributed by atoms with Crippen molar-refractivity contribution in [2.45, 2.75) is 33.6 Å². The fourth-order valence-corrected chi connectivity index (χ4v) is 2.07. The molecular weight excluding hydrogens is 258 g/mol. The van der Waals surface area contributed by atoms with Gasteiger partial charge in [0.05, 0.1) is 4.92 Å². The Labute approximate surface area is 117 Å². The van der Waals surface area contributed by atoms with Gasteiger partial charge in [-0.2, -0.15) is 0 Å². The third-order valence-electron chi connectivity index (χ3n) is 3.12. The van der Waals surface area contributed by atoms with Gasteiger partial charge in [0, 0.05) is 24.7 Å². The van der Waals surface area contributed by atoms with E-state index in [0.717, 1.165) is 5.56 Å². The van der Waals surface area contributed by atoms with Crippen LogP contribution in [0.2, 0.25) is 0 Å². The van der Waals surface area contributed by atoms with Gasteiger partial charge in [-0.15, -0.1) is 0 Å². The fourth-order valence-electron chi connectivity index (χ4n) is 2.07. The number of hydrogen-bond acceptors (Lipinski definition) is 4. The van der Waals surface area contributed by atoms with Crippen LogP contribution in [0.1, 0.15) is 32.8 Å². The van der Waals surface area contributed by atoms with Crippen molar-refractivity contribution < 1.29 is 9.72 Å². The molecule has 1 aliphatic rings. The first-order chi connectivity index (χ1) is 9.26. The summed E-state index contributed by atoms with van der Waals surface area (Å²) in [7, 11) is 0. The number of benzene rings is 1. The molecule has 1 heterocycles. The topological polar surface area (TPSA) is 84.3 Å². The lowest BCUT2D eigenvalue weighted by atomic mass is 9.96. The number of carbonyl (C=O) groups is 1. The zero-order valence-corrected chi connectivity index (χ0v) is 11.9. The van der Waals surface area contributed by atoms with Gasteiger partial charge in [-0.3, -0.25) is 14.9 Å². The van der Waals surface area contributed by atoms with Gasteiger partial charge < -0.3 is 10.6 Å². The van der Waals surface area contributed by atoms with Gasteiger partial charge in [-0.1, -0.05) is 20.8 Å². The molecule has 108 valence electrons. The molecule has 20 heavy (non-hydrogen) atoms. The minimum absolute atomic E-state index is 0.00696. The van der Waals surface area contributed by atoms with Gasteiger partial charge >= 0.3 is 0 Å². The number of carbonyl (C=O) groups excluding carboxylic acids is 1. The van der Waals surface area contributed by atoms with Crippen LogP contribution >= 0.6 is 0 Å². The van der Waals surface area contributed by atoms with E-state index in [1.165, 1.54) is 0 Å². The Bertz CT molecular complexity index is 562. The summed E-state index contributed by atoms with van der Waals surface area (Å²) < 4.78 is 0. The summed E-state index contributed by atoms with van der Waals surface area (Å²) in [5.41, 5.74) is 2.00. The van der Waals surface area contributed by atoms with Crippen LogP contribution in [0.15, 0.2) is 12.1 Å². The summed E-state index contributed by atoms with van der Waals surface area (Å²) in [5, 5.41) is 17.0. The average molecular weight is 277 g/mol. The number of hydrogen-bond donors (Lipinski definition) is 2. The molecule has 1 aliphatic heterocycles. The number of rotatable bonds is 3. The van der Waals surface area contributed by atoms with Crippen LogP contribution in [0.4, 0.5) is 17.1 Å². The van der Waals surface area contributed by atoms with E-state index < -0.39 is 0 Å². The van der Waals surface area contributed by atoms with Gasteiger partial charge in [0.25, 0.3) is 5.69 Å². The smallest absolute Gasteiger partial charge is 0.292 e. The Morgan fingerprint density at radius 1 is 1.35 bits per heavy atom. The minimum Gasteiger partial charge on any atom is -0.379 e. The lowest BCUT2D eigenvalue weighted by Gasteiger charge is -2.22. The van der Waals surface area contributed by atoms with Gasteiger partial charge in [-0.25, -0.2) is 0 Å². The molecule has 6 nitrogen and oxygen atoms in total. The second-order valence-electron chi connectivity index (χ2n) is 6.25. The van der Waals surface area contributed by atoms with Crippen LogP contribution in [0, 0.1) is 15.5 Å². The molecule has 0 atom stereocenters. The maximum absolute atomic E-state index is 11.4. The van der Waals surface area contributed by atoms with Crippen LogP contribution in [0.5, 0.6) is 0 Å². The first-order valence-electron chi connectivity index (χ1n) is 6.61. The monoisotopic (exact) mass is 277 g/mol. The number of nitrogens with zero attached hydrogens (tertiary/aromatic N) is 1. The number of nitro benzene ring substituents is 1. The van der Waals surface area contributed by atoms with Gasteiger partial charge in [0.1, 0.15) is 5.69 Å². The molecule has 1 aromatic carbocycles. The summed E-state index contributed by atoms with van der Waals surface area (Å²) in [6.45, 7) is 6.75. The van der Waals surface area contributed by atoms with Crippen molar-refractivity contribution in [3.05, 3.63) is 27.8 Å². The van der Waals surface area contributed by atoms with Crippen LogP contribution in [-0.4, -0.2) is 17.4 Å². The number of amides is 1. The third kappa shape index (κ3) is 3.26. The van der Waals surface area contributed by atoms with E-state index in [4.69, 9.17) is 0 Å². The largest absolute Gasteiger partial charge is 0.379 e. The van der Waals surface area contributed by atoms with E-state index >= 15 is 0 Å². The van der Waals surface area contributed by atoms with E-state index in [1.54, 1.807) is 12.1 Å². The zero-order chi connectivity index (χ0) is 14.9. The molecule has 0 aromatic heterocycles. The second kappa shape index (κ2) is 5.11. The zero-order valence-electron chi connectivity index (χ0n) is 11.9. The Kier molecular flexibility index (Phi) is 3.65. The lowest BCUT2D eigenvalue weighted by molar-refractivity contribution is -0.384. The standard InChI is InChI=1S/C14H19N3O3/c1-14(2,3)8-15-11-7-10-9(4-5-13(18)16-10)6-12(11)17(19)20/h6-7,15H,4-5,8H2,1-3H3,(H,16,18). The van der Waals surface area contributed by atoms with E-state index in [2.05, 4.69) is 10.6 Å². The molecule has 0 bridgehead atoms. The molecule has 0 spiro atoms. The normalized spacial score (nSPS) is 14.4. The molecule has 1 amide bonds. The van der Waals surface area contributed by atoms with E-state index in [9.17, 15) is 14.9 Å². The third-order valence-corrected chi connectivity index (χ3v) is 3.12. The van der Waals surface area contributed by atoms with E-state index in [0.29, 0.717) is 30.8 Å². The maximum Gasteiger partial charge on any atom is 0.292 e. The molecule has 2 rings (SSSR count). The minimum atomic E-state index is -0.387. The number of fused-ring (bicyclic) bond motifs is 1. The predicted molar refractivity (Wildman–Crippen MR) is 78.0 cm³/mol. The van der Waals surface area contributed by atoms with Crippen molar-refractivity contribution in [3.63, 3.8) is 0 Å². The molecule has 0 saturated carbocycles. The summed E-state index contributed by atoms with van der Waals surface area (Å²) in [4.78, 5) is 22.2. The summed E-state index contributed by atoms with van der Waals surface area (Å²) >= 11 is 0. The lowest BCUT2D eigenvalue weighted by Crippen LogP contribution is -2.22. The molecule has 1 aromatic rings. The van der Waals surface area contributed by atoms with Crippen LogP contribution in [-0.2, 0) is 11.2 Å². The van der Waals surface area contributed by atoms with Crippen molar-refractivity contribution in [1.29, 1.82) is 0 Å². The highest BCUT2D eigenvalue weighted by Gasteiger charge is 2.23. The first-order valence-corrected chi connectivity index (χ1v) is 6.61. The van der Waals surface area contributed by atoms with Gasteiger partial charge in [0.15, 0.2) is 0 Å². The van der Waals surface area contributed by atoms with Crippen molar-refractivity contribution in [2.75, 3.05) is 17.2 Å².